The second kappa shape index (κ2) is 5.45. The molecule has 0 aromatic carbocycles. The largest absolute Gasteiger partial charge is 0.454 e. The molecule has 16 heavy (non-hydrogen) atoms. The highest BCUT2D eigenvalue weighted by Crippen LogP contribution is 2.13. The van der Waals surface area contributed by atoms with E-state index in [4.69, 9.17) is 4.42 Å². The molecule has 0 spiro atoms. The molecule has 0 aliphatic rings. The second-order valence-corrected chi connectivity index (χ2v) is 4.66. The van der Waals surface area contributed by atoms with E-state index in [0.29, 0.717) is 0 Å². The van der Waals surface area contributed by atoms with Crippen LogP contribution in [0.2, 0.25) is 0 Å². The predicted octanol–water partition coefficient (Wildman–Crippen LogP) is 3.13. The van der Waals surface area contributed by atoms with Crippen LogP contribution in [0.25, 0.3) is 0 Å². The van der Waals surface area contributed by atoms with Gasteiger partial charge in [-0.05, 0) is 53.3 Å². The average Bonchev–Trinajstić information content (AvgIpc) is 2.73. The van der Waals surface area contributed by atoms with Gasteiger partial charge in [0.05, 0.1) is 6.54 Å². The quantitative estimate of drug-likeness (QED) is 0.877. The molecule has 0 saturated heterocycles. The van der Waals surface area contributed by atoms with Crippen molar-refractivity contribution in [3.05, 3.63) is 51.7 Å². The molecule has 2 aromatic heterocycles. The first-order valence-corrected chi connectivity index (χ1v) is 6.21. The van der Waals surface area contributed by atoms with E-state index in [1.807, 2.05) is 24.4 Å². The summed E-state index contributed by atoms with van der Waals surface area (Å²) in [4.78, 5) is 4.10. The molecule has 2 heterocycles. The van der Waals surface area contributed by atoms with E-state index in [9.17, 15) is 0 Å². The maximum atomic E-state index is 5.48. The van der Waals surface area contributed by atoms with Crippen LogP contribution in [-0.4, -0.2) is 4.98 Å². The maximum Gasteiger partial charge on any atom is 0.164 e. The van der Waals surface area contributed by atoms with E-state index in [0.717, 1.165) is 16.1 Å². The predicted molar refractivity (Wildman–Crippen MR) is 70.9 cm³/mol. The standard InChI is InChI=1S/C12H13IN2O/c1-9(10-3-2-6-14-7-10)15-8-11-4-5-12(13)16-11/h2-7,9,15H,8H2,1H3. The summed E-state index contributed by atoms with van der Waals surface area (Å²) in [5.74, 6) is 0.958. The number of hydrogen-bond acceptors (Lipinski definition) is 3. The smallest absolute Gasteiger partial charge is 0.164 e. The zero-order valence-electron chi connectivity index (χ0n) is 8.98. The van der Waals surface area contributed by atoms with Gasteiger partial charge in [-0.15, -0.1) is 0 Å². The molecule has 0 bridgehead atoms. The Morgan fingerprint density at radius 3 is 2.94 bits per heavy atom. The van der Waals surface area contributed by atoms with E-state index in [2.05, 4.69) is 45.9 Å². The fourth-order valence-corrected chi connectivity index (χ4v) is 1.91. The van der Waals surface area contributed by atoms with E-state index in [-0.39, 0.29) is 6.04 Å². The van der Waals surface area contributed by atoms with E-state index in [1.54, 1.807) is 6.20 Å². The number of nitrogens with zero attached hydrogens (tertiary/aromatic N) is 1. The first kappa shape index (κ1) is 11.6. The molecule has 4 heteroatoms. The summed E-state index contributed by atoms with van der Waals surface area (Å²) in [7, 11) is 0. The Morgan fingerprint density at radius 2 is 2.31 bits per heavy atom. The average molecular weight is 328 g/mol. The third-order valence-electron chi connectivity index (χ3n) is 2.40. The minimum Gasteiger partial charge on any atom is -0.454 e. The molecule has 0 saturated carbocycles. The molecule has 0 radical (unpaired) electrons. The molecule has 0 aliphatic heterocycles. The highest BCUT2D eigenvalue weighted by atomic mass is 127. The van der Waals surface area contributed by atoms with Gasteiger partial charge in [0, 0.05) is 18.4 Å². The van der Waals surface area contributed by atoms with E-state index < -0.39 is 0 Å². The van der Waals surface area contributed by atoms with Crippen molar-refractivity contribution in [3.8, 4) is 0 Å². The summed E-state index contributed by atoms with van der Waals surface area (Å²) in [5, 5.41) is 3.39. The minimum absolute atomic E-state index is 0.275. The summed E-state index contributed by atoms with van der Waals surface area (Å²) < 4.78 is 6.40. The molecule has 0 aliphatic carbocycles. The van der Waals surface area contributed by atoms with Crippen molar-refractivity contribution in [1.29, 1.82) is 0 Å². The third kappa shape index (κ3) is 3.05. The Morgan fingerprint density at radius 1 is 1.44 bits per heavy atom. The molecular formula is C12H13IN2O. The van der Waals surface area contributed by atoms with Gasteiger partial charge < -0.3 is 9.73 Å². The van der Waals surface area contributed by atoms with Crippen LogP contribution in [0.4, 0.5) is 0 Å². The lowest BCUT2D eigenvalue weighted by Gasteiger charge is -2.12. The van der Waals surface area contributed by atoms with E-state index in [1.165, 1.54) is 5.56 Å². The molecule has 2 rings (SSSR count). The van der Waals surface area contributed by atoms with Gasteiger partial charge in [-0.1, -0.05) is 6.07 Å². The van der Waals surface area contributed by atoms with Crippen molar-refractivity contribution in [2.45, 2.75) is 19.5 Å². The van der Waals surface area contributed by atoms with Gasteiger partial charge in [0.2, 0.25) is 0 Å². The van der Waals surface area contributed by atoms with Gasteiger partial charge in [0.15, 0.2) is 3.77 Å². The Kier molecular flexibility index (Phi) is 3.95. The molecule has 1 N–H and O–H groups in total. The van der Waals surface area contributed by atoms with Crippen molar-refractivity contribution in [2.75, 3.05) is 0 Å². The molecule has 1 atom stereocenters. The molecule has 84 valence electrons. The van der Waals surface area contributed by atoms with Gasteiger partial charge in [-0.25, -0.2) is 0 Å². The Bertz CT molecular complexity index is 441. The number of rotatable bonds is 4. The van der Waals surface area contributed by atoms with Crippen molar-refractivity contribution < 1.29 is 4.42 Å². The lowest BCUT2D eigenvalue weighted by Crippen LogP contribution is -2.17. The Hall–Kier alpha value is -0.880. The van der Waals surface area contributed by atoms with Crippen LogP contribution in [-0.2, 0) is 6.54 Å². The first-order valence-electron chi connectivity index (χ1n) is 5.13. The summed E-state index contributed by atoms with van der Waals surface area (Å²) in [6.45, 7) is 2.85. The Labute approximate surface area is 108 Å². The van der Waals surface area contributed by atoms with Crippen LogP contribution >= 0.6 is 22.6 Å². The van der Waals surface area contributed by atoms with E-state index >= 15 is 0 Å². The normalized spacial score (nSPS) is 12.6. The minimum atomic E-state index is 0.275. The molecule has 2 aromatic rings. The molecule has 0 fully saturated rings. The summed E-state index contributed by atoms with van der Waals surface area (Å²) in [6, 6.07) is 8.24. The van der Waals surface area contributed by atoms with Gasteiger partial charge >= 0.3 is 0 Å². The molecule has 0 amide bonds. The van der Waals surface area contributed by atoms with Gasteiger partial charge in [0.1, 0.15) is 5.76 Å². The number of nitrogens with one attached hydrogen (secondary N) is 1. The number of hydrogen-bond donors (Lipinski definition) is 1. The molecular weight excluding hydrogens is 315 g/mol. The highest BCUT2D eigenvalue weighted by Gasteiger charge is 2.05. The monoisotopic (exact) mass is 328 g/mol. The van der Waals surface area contributed by atoms with Gasteiger partial charge in [-0.2, -0.15) is 0 Å². The fraction of sp³-hybridized carbons (Fsp3) is 0.250. The van der Waals surface area contributed by atoms with Crippen LogP contribution in [0.15, 0.2) is 41.1 Å². The Balaban J connectivity index is 1.91. The number of pyridine rings is 1. The van der Waals surface area contributed by atoms with Crippen LogP contribution in [0.3, 0.4) is 0 Å². The number of halogens is 1. The van der Waals surface area contributed by atoms with Gasteiger partial charge in [0.25, 0.3) is 0 Å². The molecule has 3 nitrogen and oxygen atoms in total. The van der Waals surface area contributed by atoms with Crippen molar-refractivity contribution in [2.24, 2.45) is 0 Å². The third-order valence-corrected chi connectivity index (χ3v) is 2.98. The lowest BCUT2D eigenvalue weighted by atomic mass is 10.1. The van der Waals surface area contributed by atoms with Crippen molar-refractivity contribution in [3.63, 3.8) is 0 Å². The van der Waals surface area contributed by atoms with Crippen LogP contribution in [0, 0.1) is 3.77 Å². The van der Waals surface area contributed by atoms with Gasteiger partial charge in [-0.3, -0.25) is 4.98 Å². The summed E-state index contributed by atoms with van der Waals surface area (Å²) >= 11 is 2.16. The van der Waals surface area contributed by atoms with Crippen molar-refractivity contribution in [1.82, 2.24) is 10.3 Å². The van der Waals surface area contributed by atoms with Crippen LogP contribution in [0.5, 0.6) is 0 Å². The maximum absolute atomic E-state index is 5.48. The number of furan rings is 1. The molecule has 1 unspecified atom stereocenters. The zero-order chi connectivity index (χ0) is 11.4. The second-order valence-electron chi connectivity index (χ2n) is 3.59. The topological polar surface area (TPSA) is 38.1 Å². The highest BCUT2D eigenvalue weighted by molar-refractivity contribution is 14.1. The lowest BCUT2D eigenvalue weighted by molar-refractivity contribution is 0.445. The van der Waals surface area contributed by atoms with Crippen molar-refractivity contribution >= 4 is 22.6 Å². The van der Waals surface area contributed by atoms with Crippen LogP contribution < -0.4 is 5.32 Å². The van der Waals surface area contributed by atoms with Crippen LogP contribution in [0.1, 0.15) is 24.3 Å². The zero-order valence-corrected chi connectivity index (χ0v) is 11.1. The SMILES string of the molecule is CC(NCc1ccc(I)o1)c1cccnc1. The first-order chi connectivity index (χ1) is 7.75. The number of aromatic nitrogens is 1. The fourth-order valence-electron chi connectivity index (χ4n) is 1.45. The summed E-state index contributed by atoms with van der Waals surface area (Å²) in [5.41, 5.74) is 1.18. The summed E-state index contributed by atoms with van der Waals surface area (Å²) in [6.07, 6.45) is 3.66.